The van der Waals surface area contributed by atoms with E-state index in [-0.39, 0.29) is 0 Å². The van der Waals surface area contributed by atoms with Crippen LogP contribution < -0.4 is 5.73 Å². The van der Waals surface area contributed by atoms with E-state index < -0.39 is 0 Å². The third-order valence-electron chi connectivity index (χ3n) is 3.31. The van der Waals surface area contributed by atoms with Crippen molar-refractivity contribution >= 4 is 0 Å². The predicted molar refractivity (Wildman–Crippen MR) is 70.7 cm³/mol. The van der Waals surface area contributed by atoms with Crippen LogP contribution in [-0.4, -0.2) is 9.55 Å². The van der Waals surface area contributed by atoms with Gasteiger partial charge in [0.2, 0.25) is 0 Å². The smallest absolute Gasteiger partial charge is 0.140 e. The van der Waals surface area contributed by atoms with E-state index in [0.29, 0.717) is 6.54 Å². The van der Waals surface area contributed by atoms with Crippen LogP contribution in [0.5, 0.6) is 0 Å². The minimum absolute atomic E-state index is 0.491. The van der Waals surface area contributed by atoms with Crippen LogP contribution in [0.4, 0.5) is 0 Å². The number of imidazole rings is 1. The highest BCUT2D eigenvalue weighted by Gasteiger charge is 2.13. The molecule has 0 fully saturated rings. The lowest BCUT2D eigenvalue weighted by molar-refractivity contribution is 0.872. The van der Waals surface area contributed by atoms with Crippen molar-refractivity contribution in [1.82, 2.24) is 9.55 Å². The van der Waals surface area contributed by atoms with Gasteiger partial charge in [-0.15, -0.1) is 0 Å². The number of benzene rings is 1. The van der Waals surface area contributed by atoms with E-state index in [9.17, 15) is 0 Å². The zero-order chi connectivity index (χ0) is 12.6. The van der Waals surface area contributed by atoms with Crippen LogP contribution in [0.1, 0.15) is 22.5 Å². The van der Waals surface area contributed by atoms with Gasteiger partial charge < -0.3 is 10.3 Å². The van der Waals surface area contributed by atoms with Crippen LogP contribution in [0.15, 0.2) is 18.2 Å². The summed E-state index contributed by atoms with van der Waals surface area (Å²) in [5.41, 5.74) is 11.5. The molecule has 3 nitrogen and oxygen atoms in total. The van der Waals surface area contributed by atoms with Gasteiger partial charge >= 0.3 is 0 Å². The molecule has 0 aliphatic rings. The highest BCUT2D eigenvalue weighted by atomic mass is 15.1. The number of nitrogens with zero attached hydrogens (tertiary/aromatic N) is 2. The molecule has 1 aromatic heterocycles. The molecule has 0 spiro atoms. The van der Waals surface area contributed by atoms with Crippen LogP contribution in [-0.2, 0) is 13.6 Å². The highest BCUT2D eigenvalue weighted by molar-refractivity contribution is 5.62. The summed E-state index contributed by atoms with van der Waals surface area (Å²) in [5.74, 6) is 1.00. The second-order valence-electron chi connectivity index (χ2n) is 4.55. The average molecular weight is 229 g/mol. The second kappa shape index (κ2) is 4.34. The quantitative estimate of drug-likeness (QED) is 0.859. The fraction of sp³-hybridized carbons (Fsp3) is 0.357. The molecule has 2 N–H and O–H groups in total. The first-order chi connectivity index (χ1) is 8.04. The van der Waals surface area contributed by atoms with E-state index in [1.54, 1.807) is 0 Å². The van der Waals surface area contributed by atoms with Crippen molar-refractivity contribution in [3.63, 3.8) is 0 Å². The first kappa shape index (κ1) is 11.9. The Labute approximate surface area is 102 Å². The van der Waals surface area contributed by atoms with E-state index in [1.807, 2.05) is 7.05 Å². The molecule has 3 heteroatoms. The average Bonchev–Trinajstić information content (AvgIpc) is 2.59. The van der Waals surface area contributed by atoms with E-state index in [0.717, 1.165) is 17.2 Å². The third kappa shape index (κ3) is 1.98. The molecule has 0 atom stereocenters. The van der Waals surface area contributed by atoms with E-state index in [1.165, 1.54) is 16.7 Å². The summed E-state index contributed by atoms with van der Waals surface area (Å²) in [6, 6.07) is 6.44. The van der Waals surface area contributed by atoms with Gasteiger partial charge in [0.25, 0.3) is 0 Å². The zero-order valence-corrected chi connectivity index (χ0v) is 10.9. The summed E-state index contributed by atoms with van der Waals surface area (Å²) < 4.78 is 2.12. The van der Waals surface area contributed by atoms with Crippen molar-refractivity contribution < 1.29 is 0 Å². The fourth-order valence-electron chi connectivity index (χ4n) is 2.05. The number of nitrogens with two attached hydrogens (primary N) is 1. The normalized spacial score (nSPS) is 10.9. The number of hydrogen-bond donors (Lipinski definition) is 1. The van der Waals surface area contributed by atoms with Crippen molar-refractivity contribution in [2.24, 2.45) is 12.8 Å². The van der Waals surface area contributed by atoms with Gasteiger partial charge in [0.05, 0.1) is 5.69 Å². The van der Waals surface area contributed by atoms with Gasteiger partial charge in [-0.05, 0) is 32.4 Å². The van der Waals surface area contributed by atoms with Crippen molar-refractivity contribution in [3.8, 4) is 11.4 Å². The molecule has 2 aromatic rings. The van der Waals surface area contributed by atoms with Gasteiger partial charge in [0, 0.05) is 24.8 Å². The Morgan fingerprint density at radius 1 is 1.24 bits per heavy atom. The number of aryl methyl sites for hydroxylation is 2. The molecular formula is C14H19N3. The monoisotopic (exact) mass is 229 g/mol. The molecule has 1 heterocycles. The van der Waals surface area contributed by atoms with Gasteiger partial charge in [-0.2, -0.15) is 0 Å². The topological polar surface area (TPSA) is 43.8 Å². The maximum atomic E-state index is 5.70. The fourth-order valence-corrected chi connectivity index (χ4v) is 2.05. The third-order valence-corrected chi connectivity index (χ3v) is 3.31. The molecule has 1 aromatic carbocycles. The molecule has 0 aliphatic carbocycles. The molecule has 90 valence electrons. The molecule has 0 aliphatic heterocycles. The molecule has 0 unspecified atom stereocenters. The minimum Gasteiger partial charge on any atom is -0.331 e. The van der Waals surface area contributed by atoms with Gasteiger partial charge in [-0.3, -0.25) is 0 Å². The van der Waals surface area contributed by atoms with Crippen molar-refractivity contribution in [3.05, 3.63) is 40.7 Å². The van der Waals surface area contributed by atoms with Gasteiger partial charge in [-0.25, -0.2) is 4.98 Å². The molecule has 0 amide bonds. The molecule has 0 bridgehead atoms. The standard InChI is InChI=1S/C14H19N3/c1-9-5-6-10(2)12(7-9)14-16-13(8-15)11(3)17(14)4/h5-7H,8,15H2,1-4H3. The summed E-state index contributed by atoms with van der Waals surface area (Å²) in [6.45, 7) is 6.76. The summed E-state index contributed by atoms with van der Waals surface area (Å²) >= 11 is 0. The van der Waals surface area contributed by atoms with Crippen LogP contribution in [0.25, 0.3) is 11.4 Å². The van der Waals surface area contributed by atoms with Crippen LogP contribution >= 0.6 is 0 Å². The maximum absolute atomic E-state index is 5.70. The Bertz CT molecular complexity index is 553. The second-order valence-corrected chi connectivity index (χ2v) is 4.55. The summed E-state index contributed by atoms with van der Waals surface area (Å²) in [7, 11) is 2.04. The molecular weight excluding hydrogens is 210 g/mol. The minimum atomic E-state index is 0.491. The predicted octanol–water partition coefficient (Wildman–Crippen LogP) is 2.47. The van der Waals surface area contributed by atoms with Crippen molar-refractivity contribution in [2.45, 2.75) is 27.3 Å². The molecule has 0 saturated heterocycles. The lowest BCUT2D eigenvalue weighted by atomic mass is 10.1. The van der Waals surface area contributed by atoms with Crippen LogP contribution in [0.3, 0.4) is 0 Å². The summed E-state index contributed by atoms with van der Waals surface area (Å²) in [5, 5.41) is 0. The molecule has 0 saturated carbocycles. The number of hydrogen-bond acceptors (Lipinski definition) is 2. The Morgan fingerprint density at radius 3 is 2.53 bits per heavy atom. The van der Waals surface area contributed by atoms with Gasteiger partial charge in [0.1, 0.15) is 5.82 Å². The Kier molecular flexibility index (Phi) is 3.03. The van der Waals surface area contributed by atoms with E-state index in [4.69, 9.17) is 5.73 Å². The molecule has 0 radical (unpaired) electrons. The Balaban J connectivity index is 2.64. The van der Waals surface area contributed by atoms with Crippen molar-refractivity contribution in [2.75, 3.05) is 0 Å². The summed E-state index contributed by atoms with van der Waals surface area (Å²) in [6.07, 6.45) is 0. The zero-order valence-electron chi connectivity index (χ0n) is 10.9. The Morgan fingerprint density at radius 2 is 1.94 bits per heavy atom. The SMILES string of the molecule is Cc1ccc(C)c(-c2nc(CN)c(C)n2C)c1. The number of aromatic nitrogens is 2. The van der Waals surface area contributed by atoms with Crippen LogP contribution in [0, 0.1) is 20.8 Å². The van der Waals surface area contributed by atoms with Crippen LogP contribution in [0.2, 0.25) is 0 Å². The lowest BCUT2D eigenvalue weighted by Crippen LogP contribution is -1.99. The van der Waals surface area contributed by atoms with E-state index in [2.05, 4.69) is 48.5 Å². The maximum Gasteiger partial charge on any atom is 0.140 e. The number of rotatable bonds is 2. The highest BCUT2D eigenvalue weighted by Crippen LogP contribution is 2.25. The van der Waals surface area contributed by atoms with Gasteiger partial charge in [-0.1, -0.05) is 17.7 Å². The lowest BCUT2D eigenvalue weighted by Gasteiger charge is -2.07. The largest absolute Gasteiger partial charge is 0.331 e. The van der Waals surface area contributed by atoms with Crippen molar-refractivity contribution in [1.29, 1.82) is 0 Å². The molecule has 2 rings (SSSR count). The first-order valence-corrected chi connectivity index (χ1v) is 5.84. The van der Waals surface area contributed by atoms with E-state index >= 15 is 0 Å². The summed E-state index contributed by atoms with van der Waals surface area (Å²) in [4.78, 5) is 4.64. The first-order valence-electron chi connectivity index (χ1n) is 5.84. The Hall–Kier alpha value is -1.61. The van der Waals surface area contributed by atoms with Gasteiger partial charge in [0.15, 0.2) is 0 Å². The molecule has 17 heavy (non-hydrogen) atoms.